The zero-order valence-electron chi connectivity index (χ0n) is 14.5. The van der Waals surface area contributed by atoms with Crippen LogP contribution in [0.1, 0.15) is 11.7 Å². The zero-order valence-corrected chi connectivity index (χ0v) is 17.2. The van der Waals surface area contributed by atoms with Crippen LogP contribution >= 0.6 is 23.5 Å². The minimum atomic E-state index is -1.89. The molecule has 0 saturated heterocycles. The quantitative estimate of drug-likeness (QED) is 0.324. The molecule has 0 fully saturated rings. The summed E-state index contributed by atoms with van der Waals surface area (Å²) in [6, 6.07) is 9.06. The molecule has 7 heteroatoms. The van der Waals surface area contributed by atoms with Crippen LogP contribution in [0.2, 0.25) is 19.6 Å². The average Bonchev–Trinajstić information content (AvgIpc) is 2.53. The van der Waals surface area contributed by atoms with Crippen LogP contribution < -0.4 is 0 Å². The van der Waals surface area contributed by atoms with Crippen LogP contribution in [0.25, 0.3) is 0 Å². The van der Waals surface area contributed by atoms with Gasteiger partial charge in [0.2, 0.25) is 0 Å². The lowest BCUT2D eigenvalue weighted by Gasteiger charge is -2.30. The van der Waals surface area contributed by atoms with Crippen molar-refractivity contribution in [2.24, 2.45) is 4.99 Å². The third-order valence-corrected chi connectivity index (χ3v) is 5.80. The van der Waals surface area contributed by atoms with Crippen molar-refractivity contribution >= 4 is 42.2 Å². The maximum atomic E-state index is 12.4. The Morgan fingerprint density at radius 3 is 2.13 bits per heavy atom. The minimum absolute atomic E-state index is 0.377. The van der Waals surface area contributed by atoms with E-state index in [1.807, 2.05) is 42.8 Å². The van der Waals surface area contributed by atoms with Gasteiger partial charge < -0.3 is 9.16 Å². The summed E-state index contributed by atoms with van der Waals surface area (Å²) in [5, 5.41) is 0. The predicted molar refractivity (Wildman–Crippen MR) is 104 cm³/mol. The second-order valence-corrected chi connectivity index (χ2v) is 12.1. The Labute approximate surface area is 148 Å². The number of rotatable bonds is 6. The molecule has 0 saturated carbocycles. The molecule has 0 amide bonds. The third-order valence-electron chi connectivity index (χ3n) is 2.93. The van der Waals surface area contributed by atoms with Crippen molar-refractivity contribution < 1.29 is 14.0 Å². The van der Waals surface area contributed by atoms with E-state index < -0.39 is 20.5 Å². The van der Waals surface area contributed by atoms with Crippen molar-refractivity contribution in [3.8, 4) is 0 Å². The van der Waals surface area contributed by atoms with E-state index in [-0.39, 0.29) is 5.97 Å². The molecule has 2 atom stereocenters. The highest BCUT2D eigenvalue weighted by atomic mass is 32.2. The molecule has 1 rings (SSSR count). The van der Waals surface area contributed by atoms with Crippen LogP contribution in [0.15, 0.2) is 35.3 Å². The summed E-state index contributed by atoms with van der Waals surface area (Å²) >= 11 is 3.04. The lowest BCUT2D eigenvalue weighted by atomic mass is 10.0. The van der Waals surface area contributed by atoms with Gasteiger partial charge in [-0.3, -0.25) is 4.99 Å². The van der Waals surface area contributed by atoms with Gasteiger partial charge in [0.15, 0.2) is 14.4 Å². The predicted octanol–water partition coefficient (Wildman–Crippen LogP) is 4.20. The van der Waals surface area contributed by atoms with Gasteiger partial charge in [0.05, 0.1) is 7.11 Å². The summed E-state index contributed by atoms with van der Waals surface area (Å²) < 4.78 is 12.1. The van der Waals surface area contributed by atoms with Gasteiger partial charge in [0.25, 0.3) is 0 Å². The van der Waals surface area contributed by atoms with Crippen LogP contribution in [-0.4, -0.2) is 44.3 Å². The molecule has 23 heavy (non-hydrogen) atoms. The summed E-state index contributed by atoms with van der Waals surface area (Å²) in [4.78, 5) is 17.0. The molecule has 1 aromatic rings. The number of esters is 1. The maximum absolute atomic E-state index is 12.4. The molecule has 0 aliphatic carbocycles. The number of aliphatic imine (C=N–C) groups is 1. The Bertz CT molecular complexity index is 526. The number of methoxy groups -OCH3 is 1. The van der Waals surface area contributed by atoms with Gasteiger partial charge in [-0.15, -0.1) is 23.5 Å². The number of thioether (sulfide) groups is 2. The van der Waals surface area contributed by atoms with Crippen molar-refractivity contribution in [2.75, 3.05) is 19.6 Å². The van der Waals surface area contributed by atoms with Crippen molar-refractivity contribution in [3.63, 3.8) is 0 Å². The SMILES string of the molecule is COC(=O)[C@@H](N=C(SC)SC)[C@H](O[Si](C)(C)C)c1ccccc1. The van der Waals surface area contributed by atoms with E-state index >= 15 is 0 Å². The lowest BCUT2D eigenvalue weighted by Crippen LogP contribution is -2.37. The highest BCUT2D eigenvalue weighted by Crippen LogP contribution is 2.29. The van der Waals surface area contributed by atoms with E-state index in [9.17, 15) is 4.79 Å². The monoisotopic (exact) mass is 371 g/mol. The first-order valence-corrected chi connectivity index (χ1v) is 13.1. The second kappa shape index (κ2) is 9.51. The molecule has 128 valence electrons. The summed E-state index contributed by atoms with van der Waals surface area (Å²) in [6.07, 6.45) is 3.45. The first-order chi connectivity index (χ1) is 10.8. The van der Waals surface area contributed by atoms with Crippen LogP contribution in [0.5, 0.6) is 0 Å². The molecule has 4 nitrogen and oxygen atoms in total. The number of benzene rings is 1. The van der Waals surface area contributed by atoms with Gasteiger partial charge in [-0.1, -0.05) is 30.3 Å². The van der Waals surface area contributed by atoms with E-state index in [0.717, 1.165) is 9.94 Å². The van der Waals surface area contributed by atoms with Gasteiger partial charge in [-0.25, -0.2) is 4.79 Å². The van der Waals surface area contributed by atoms with E-state index in [2.05, 4.69) is 24.6 Å². The molecule has 0 radical (unpaired) electrons. The highest BCUT2D eigenvalue weighted by molar-refractivity contribution is 8.38. The molecule has 0 N–H and O–H groups in total. The highest BCUT2D eigenvalue weighted by Gasteiger charge is 2.35. The molecule has 0 aliphatic heterocycles. The van der Waals surface area contributed by atoms with Crippen LogP contribution in [-0.2, 0) is 14.0 Å². The lowest BCUT2D eigenvalue weighted by molar-refractivity contribution is -0.144. The molecule has 0 bridgehead atoms. The van der Waals surface area contributed by atoms with E-state index in [0.29, 0.717) is 0 Å². The fourth-order valence-corrected chi connectivity index (χ4v) is 4.14. The third kappa shape index (κ3) is 6.70. The summed E-state index contributed by atoms with van der Waals surface area (Å²) in [5.41, 5.74) is 0.940. The number of hydrogen-bond donors (Lipinski definition) is 0. The number of carbonyl (C=O) groups is 1. The van der Waals surface area contributed by atoms with Crippen molar-refractivity contribution in [1.82, 2.24) is 0 Å². The molecule has 0 aliphatic rings. The Hall–Kier alpha value is -0.763. The maximum Gasteiger partial charge on any atom is 0.333 e. The topological polar surface area (TPSA) is 47.9 Å². The van der Waals surface area contributed by atoms with Crippen LogP contribution in [0.3, 0.4) is 0 Å². The Balaban J connectivity index is 3.31. The molecular weight excluding hydrogens is 346 g/mol. The Morgan fingerprint density at radius 1 is 1.13 bits per heavy atom. The standard InChI is InChI=1S/C16H25NO3S2Si/c1-19-15(18)13(17-16(21-2)22-3)14(20-23(4,5)6)12-10-8-7-9-11-12/h7-11,13-14H,1-6H3/t13-,14+/m0/s1. The van der Waals surface area contributed by atoms with Crippen molar-refractivity contribution in [2.45, 2.75) is 31.8 Å². The van der Waals surface area contributed by atoms with Crippen LogP contribution in [0.4, 0.5) is 0 Å². The molecule has 0 heterocycles. The largest absolute Gasteiger partial charge is 0.467 e. The fourth-order valence-electron chi connectivity index (χ4n) is 2.01. The van der Waals surface area contributed by atoms with Gasteiger partial charge >= 0.3 is 5.97 Å². The zero-order chi connectivity index (χ0) is 17.5. The fraction of sp³-hybridized carbons (Fsp3) is 0.500. The van der Waals surface area contributed by atoms with Crippen molar-refractivity contribution in [3.05, 3.63) is 35.9 Å². The Kier molecular flexibility index (Phi) is 8.39. The summed E-state index contributed by atoms with van der Waals surface area (Å²) in [7, 11) is -0.498. The van der Waals surface area contributed by atoms with E-state index in [1.54, 1.807) is 0 Å². The molecule has 0 aromatic heterocycles. The number of nitrogens with zero attached hydrogens (tertiary/aromatic N) is 1. The summed E-state index contributed by atoms with van der Waals surface area (Å²) in [5.74, 6) is -0.377. The van der Waals surface area contributed by atoms with Gasteiger partial charge in [0, 0.05) is 0 Å². The molecule has 0 spiro atoms. The van der Waals surface area contributed by atoms with Gasteiger partial charge in [-0.05, 0) is 37.7 Å². The number of hydrogen-bond acceptors (Lipinski definition) is 6. The summed E-state index contributed by atoms with van der Waals surface area (Å²) in [6.45, 7) is 6.31. The van der Waals surface area contributed by atoms with Crippen LogP contribution in [0, 0.1) is 0 Å². The molecule has 0 unspecified atom stereocenters. The average molecular weight is 372 g/mol. The smallest absolute Gasteiger partial charge is 0.333 e. The molecular formula is C16H25NO3S2Si. The van der Waals surface area contributed by atoms with Gasteiger partial charge in [0.1, 0.15) is 10.5 Å². The van der Waals surface area contributed by atoms with E-state index in [1.165, 1.54) is 30.6 Å². The first kappa shape index (κ1) is 20.3. The normalized spacial score (nSPS) is 14.0. The first-order valence-electron chi connectivity index (χ1n) is 7.28. The van der Waals surface area contributed by atoms with Gasteiger partial charge in [-0.2, -0.15) is 0 Å². The minimum Gasteiger partial charge on any atom is -0.467 e. The Morgan fingerprint density at radius 2 is 1.70 bits per heavy atom. The second-order valence-electron chi connectivity index (χ2n) is 5.83. The van der Waals surface area contributed by atoms with Crippen molar-refractivity contribution in [1.29, 1.82) is 0 Å². The number of ether oxygens (including phenoxy) is 1. The van der Waals surface area contributed by atoms with E-state index in [4.69, 9.17) is 9.16 Å². The number of carbonyl (C=O) groups excluding carboxylic acids is 1. The molecule has 1 aromatic carbocycles.